The smallest absolute Gasteiger partial charge is 0.0715 e. The van der Waals surface area contributed by atoms with Gasteiger partial charge in [0.05, 0.1) is 7.85 Å². The van der Waals surface area contributed by atoms with Crippen molar-refractivity contribution in [3.63, 3.8) is 0 Å². The summed E-state index contributed by atoms with van der Waals surface area (Å²) < 4.78 is 0. The molecule has 0 aromatic heterocycles. The van der Waals surface area contributed by atoms with Gasteiger partial charge in [-0.3, -0.25) is 0 Å². The summed E-state index contributed by atoms with van der Waals surface area (Å²) in [6.45, 7) is 5.89. The van der Waals surface area contributed by atoms with Gasteiger partial charge in [0.25, 0.3) is 0 Å². The van der Waals surface area contributed by atoms with Crippen LogP contribution in [0.5, 0.6) is 0 Å². The molecule has 1 rings (SSSR count). The molecule has 1 fully saturated rings. The number of hydrogen-bond acceptors (Lipinski definition) is 0. The van der Waals surface area contributed by atoms with Gasteiger partial charge in [-0.1, -0.05) is 31.0 Å². The van der Waals surface area contributed by atoms with Crippen molar-refractivity contribution >= 4 is 7.85 Å². The molecule has 0 aliphatic heterocycles. The Balaban J connectivity index is 2.32. The molecule has 2 radical (unpaired) electrons. The third kappa shape index (κ3) is 1.77. The fraction of sp³-hybridized carbons (Fsp3) is 0.600. The second kappa shape index (κ2) is 3.80. The minimum atomic E-state index is 0.329. The normalized spacial score (nSPS) is 37.0. The van der Waals surface area contributed by atoms with E-state index >= 15 is 0 Å². The molecule has 0 heterocycles. The molecule has 1 saturated carbocycles. The van der Waals surface area contributed by atoms with Gasteiger partial charge in [-0.05, 0) is 24.7 Å². The third-order valence-electron chi connectivity index (χ3n) is 2.45. The molecular weight excluding hydrogens is 131 g/mol. The van der Waals surface area contributed by atoms with E-state index in [1.165, 1.54) is 6.42 Å². The molecule has 0 nitrogen and oxygen atoms in total. The van der Waals surface area contributed by atoms with Gasteiger partial charge in [-0.2, -0.15) is 0 Å². The van der Waals surface area contributed by atoms with Crippen molar-refractivity contribution in [2.45, 2.75) is 25.6 Å². The van der Waals surface area contributed by atoms with Crippen LogP contribution in [0, 0.1) is 11.8 Å². The second-order valence-corrected chi connectivity index (χ2v) is 3.21. The van der Waals surface area contributed by atoms with Gasteiger partial charge in [0, 0.05) is 0 Å². The Kier molecular flexibility index (Phi) is 2.98. The minimum absolute atomic E-state index is 0.329. The first kappa shape index (κ1) is 8.64. The first-order valence-electron chi connectivity index (χ1n) is 4.34. The van der Waals surface area contributed by atoms with Crippen LogP contribution in [0.25, 0.3) is 0 Å². The van der Waals surface area contributed by atoms with Gasteiger partial charge in [0.1, 0.15) is 0 Å². The second-order valence-electron chi connectivity index (χ2n) is 3.21. The highest BCUT2D eigenvalue weighted by Gasteiger charge is 2.32. The molecule has 1 aliphatic rings. The SMILES string of the molecule is [B]C1C(C=C)CC1/C=C\CC. The van der Waals surface area contributed by atoms with Crippen molar-refractivity contribution < 1.29 is 0 Å². The average Bonchev–Trinajstić information content (AvgIpc) is 2.03. The first-order chi connectivity index (χ1) is 5.29. The Morgan fingerprint density at radius 1 is 1.55 bits per heavy atom. The van der Waals surface area contributed by atoms with Crippen molar-refractivity contribution in [2.24, 2.45) is 11.8 Å². The van der Waals surface area contributed by atoms with Crippen molar-refractivity contribution in [1.29, 1.82) is 0 Å². The summed E-state index contributed by atoms with van der Waals surface area (Å²) in [6.07, 6.45) is 8.72. The van der Waals surface area contributed by atoms with E-state index in [1.807, 2.05) is 6.08 Å². The van der Waals surface area contributed by atoms with Crippen LogP contribution in [0.3, 0.4) is 0 Å². The van der Waals surface area contributed by atoms with E-state index in [0.29, 0.717) is 17.7 Å². The standard InChI is InChI=1S/C10H15B/c1-3-5-6-9-7-8(4-2)10(9)11/h4-6,8-10H,2-3,7H2,1H3/b6-5-. The Morgan fingerprint density at radius 3 is 2.73 bits per heavy atom. The van der Waals surface area contributed by atoms with Gasteiger partial charge in [0.15, 0.2) is 0 Å². The van der Waals surface area contributed by atoms with E-state index in [9.17, 15) is 0 Å². The number of hydrogen-bond donors (Lipinski definition) is 0. The molecule has 0 saturated heterocycles. The van der Waals surface area contributed by atoms with Gasteiger partial charge in [-0.15, -0.1) is 6.58 Å². The summed E-state index contributed by atoms with van der Waals surface area (Å²) >= 11 is 0. The molecule has 0 aromatic rings. The van der Waals surface area contributed by atoms with Gasteiger partial charge < -0.3 is 0 Å². The fourth-order valence-electron chi connectivity index (χ4n) is 1.52. The number of allylic oxidation sites excluding steroid dienone is 3. The molecule has 1 heteroatoms. The Morgan fingerprint density at radius 2 is 2.27 bits per heavy atom. The summed E-state index contributed by atoms with van der Waals surface area (Å²) in [4.78, 5) is 0. The van der Waals surface area contributed by atoms with Crippen LogP contribution in [0.15, 0.2) is 24.8 Å². The molecule has 0 bridgehead atoms. The van der Waals surface area contributed by atoms with E-state index in [1.54, 1.807) is 0 Å². The molecule has 3 unspecified atom stereocenters. The van der Waals surface area contributed by atoms with Crippen molar-refractivity contribution in [3.8, 4) is 0 Å². The lowest BCUT2D eigenvalue weighted by Gasteiger charge is -2.40. The fourth-order valence-corrected chi connectivity index (χ4v) is 1.52. The van der Waals surface area contributed by atoms with Crippen molar-refractivity contribution in [3.05, 3.63) is 24.8 Å². The lowest BCUT2D eigenvalue weighted by molar-refractivity contribution is 0.297. The van der Waals surface area contributed by atoms with Crippen LogP contribution in [0.4, 0.5) is 0 Å². The van der Waals surface area contributed by atoms with Crippen molar-refractivity contribution in [1.82, 2.24) is 0 Å². The minimum Gasteiger partial charge on any atom is -0.103 e. The zero-order chi connectivity index (χ0) is 8.27. The zero-order valence-corrected chi connectivity index (χ0v) is 7.16. The Bertz CT molecular complexity index is 160. The highest BCUT2D eigenvalue weighted by Crippen LogP contribution is 2.44. The summed E-state index contributed by atoms with van der Waals surface area (Å²) in [5.74, 6) is 1.50. The van der Waals surface area contributed by atoms with Gasteiger partial charge >= 0.3 is 0 Å². The van der Waals surface area contributed by atoms with Crippen LogP contribution in [-0.4, -0.2) is 7.85 Å². The molecular formula is C10H15B. The maximum absolute atomic E-state index is 5.90. The molecule has 0 aromatic carbocycles. The van der Waals surface area contributed by atoms with Crippen LogP contribution < -0.4 is 0 Å². The zero-order valence-electron chi connectivity index (χ0n) is 7.16. The van der Waals surface area contributed by atoms with Crippen LogP contribution in [-0.2, 0) is 0 Å². The van der Waals surface area contributed by atoms with Gasteiger partial charge in [0.2, 0.25) is 0 Å². The highest BCUT2D eigenvalue weighted by molar-refractivity contribution is 6.13. The summed E-state index contributed by atoms with van der Waals surface area (Å²) in [7, 11) is 5.90. The van der Waals surface area contributed by atoms with E-state index in [4.69, 9.17) is 7.85 Å². The highest BCUT2D eigenvalue weighted by atomic mass is 14.3. The van der Waals surface area contributed by atoms with Crippen LogP contribution >= 0.6 is 0 Å². The number of rotatable bonds is 3. The monoisotopic (exact) mass is 146 g/mol. The van der Waals surface area contributed by atoms with E-state index < -0.39 is 0 Å². The predicted molar refractivity (Wildman–Crippen MR) is 50.7 cm³/mol. The summed E-state index contributed by atoms with van der Waals surface area (Å²) in [5.41, 5.74) is 0. The van der Waals surface area contributed by atoms with E-state index in [-0.39, 0.29) is 0 Å². The van der Waals surface area contributed by atoms with Crippen LogP contribution in [0.2, 0.25) is 5.82 Å². The first-order valence-corrected chi connectivity index (χ1v) is 4.34. The molecule has 0 N–H and O–H groups in total. The molecule has 0 amide bonds. The molecule has 58 valence electrons. The van der Waals surface area contributed by atoms with Gasteiger partial charge in [-0.25, -0.2) is 0 Å². The quantitative estimate of drug-likeness (QED) is 0.424. The van der Waals surface area contributed by atoms with E-state index in [2.05, 4.69) is 25.7 Å². The summed E-state index contributed by atoms with van der Waals surface area (Å²) in [6, 6.07) is 0. The largest absolute Gasteiger partial charge is 0.103 e. The lowest BCUT2D eigenvalue weighted by atomic mass is 9.55. The average molecular weight is 146 g/mol. The van der Waals surface area contributed by atoms with E-state index in [0.717, 1.165) is 6.42 Å². The lowest BCUT2D eigenvalue weighted by Crippen LogP contribution is -2.29. The topological polar surface area (TPSA) is 0 Å². The third-order valence-corrected chi connectivity index (χ3v) is 2.45. The van der Waals surface area contributed by atoms with Crippen molar-refractivity contribution in [2.75, 3.05) is 0 Å². The molecule has 0 spiro atoms. The molecule has 11 heavy (non-hydrogen) atoms. The predicted octanol–water partition coefficient (Wildman–Crippen LogP) is 2.73. The van der Waals surface area contributed by atoms with Crippen LogP contribution in [0.1, 0.15) is 19.8 Å². The Hall–Kier alpha value is -0.455. The Labute approximate surface area is 70.8 Å². The maximum Gasteiger partial charge on any atom is 0.0715 e. The maximum atomic E-state index is 5.90. The molecule has 3 atom stereocenters. The molecule has 1 aliphatic carbocycles. The summed E-state index contributed by atoms with van der Waals surface area (Å²) in [5, 5.41) is 0.